The molecule has 0 saturated heterocycles. The van der Waals surface area contributed by atoms with Crippen LogP contribution >= 0.6 is 11.6 Å². The summed E-state index contributed by atoms with van der Waals surface area (Å²) in [6.07, 6.45) is 2.36. The second-order valence-corrected chi connectivity index (χ2v) is 5.34. The van der Waals surface area contributed by atoms with Crippen molar-refractivity contribution in [3.05, 3.63) is 59.4 Å². The molecular weight excluding hydrogens is 293 g/mol. The van der Waals surface area contributed by atoms with Gasteiger partial charge < -0.3 is 0 Å². The molecule has 2 unspecified atom stereocenters. The summed E-state index contributed by atoms with van der Waals surface area (Å²) < 4.78 is 17.5. The Balaban J connectivity index is 1.77. The van der Waals surface area contributed by atoms with Gasteiger partial charge in [0.1, 0.15) is 11.5 Å². The molecule has 5 nitrogen and oxygen atoms in total. The summed E-state index contributed by atoms with van der Waals surface area (Å²) in [5.41, 5.74) is 1.03. The van der Waals surface area contributed by atoms with Gasteiger partial charge in [-0.25, -0.2) is 14.1 Å². The average molecular weight is 304 g/mol. The minimum atomic E-state index is -1.12. The van der Waals surface area contributed by atoms with Crippen LogP contribution in [0.5, 0.6) is 0 Å². The molecule has 3 aromatic rings. The molecule has 7 heteroatoms. The number of hydrogen-bond donors (Lipinski definition) is 0. The summed E-state index contributed by atoms with van der Waals surface area (Å²) in [5.74, 6) is 0.733. The van der Waals surface area contributed by atoms with Crippen LogP contribution in [0.25, 0.3) is 5.95 Å². The Morgan fingerprint density at radius 3 is 2.76 bits per heavy atom. The van der Waals surface area contributed by atoms with Gasteiger partial charge in [-0.2, -0.15) is 4.98 Å². The fraction of sp³-hybridized carbons (Fsp3) is 0.214. The van der Waals surface area contributed by atoms with Crippen LogP contribution in [-0.4, -0.2) is 24.3 Å². The predicted molar refractivity (Wildman–Crippen MR) is 75.2 cm³/mol. The molecule has 0 amide bonds. The Kier molecular flexibility index (Phi) is 2.78. The molecule has 21 heavy (non-hydrogen) atoms. The molecule has 0 aliphatic carbocycles. The Labute approximate surface area is 125 Å². The van der Waals surface area contributed by atoms with Gasteiger partial charge >= 0.3 is 0 Å². The van der Waals surface area contributed by atoms with Crippen molar-refractivity contribution in [1.29, 1.82) is 0 Å². The van der Waals surface area contributed by atoms with Gasteiger partial charge in [-0.1, -0.05) is 41.9 Å². The SMILES string of the molecule is FC1CC(c2ccccc2)n2nc(-n3cnc(Cl)c3)nc21. The molecule has 0 N–H and O–H groups in total. The zero-order valence-corrected chi connectivity index (χ0v) is 11.7. The van der Waals surface area contributed by atoms with Crippen molar-refractivity contribution in [2.24, 2.45) is 0 Å². The van der Waals surface area contributed by atoms with Gasteiger partial charge in [0.2, 0.25) is 0 Å². The number of fused-ring (bicyclic) bond motifs is 1. The van der Waals surface area contributed by atoms with E-state index < -0.39 is 6.17 Å². The summed E-state index contributed by atoms with van der Waals surface area (Å²) in [5, 5.41) is 4.76. The lowest BCUT2D eigenvalue weighted by Gasteiger charge is -2.11. The fourth-order valence-corrected chi connectivity index (χ4v) is 2.79. The number of halogens is 2. The average Bonchev–Trinajstić information content (AvgIpc) is 3.17. The van der Waals surface area contributed by atoms with E-state index in [9.17, 15) is 4.39 Å². The Morgan fingerprint density at radius 1 is 1.24 bits per heavy atom. The quantitative estimate of drug-likeness (QED) is 0.731. The first-order valence-electron chi connectivity index (χ1n) is 6.57. The third-order valence-corrected chi connectivity index (χ3v) is 3.81. The van der Waals surface area contributed by atoms with Crippen molar-refractivity contribution < 1.29 is 4.39 Å². The summed E-state index contributed by atoms with van der Waals surface area (Å²) in [6, 6.07) is 9.63. The van der Waals surface area contributed by atoms with Crippen LogP contribution in [0.2, 0.25) is 5.15 Å². The maximum atomic E-state index is 14.2. The van der Waals surface area contributed by atoms with Crippen molar-refractivity contribution in [3.63, 3.8) is 0 Å². The van der Waals surface area contributed by atoms with E-state index in [0.717, 1.165) is 5.56 Å². The van der Waals surface area contributed by atoms with E-state index >= 15 is 0 Å². The first-order valence-corrected chi connectivity index (χ1v) is 6.95. The molecule has 1 aliphatic rings. The molecule has 0 fully saturated rings. The van der Waals surface area contributed by atoms with Crippen LogP contribution in [0.1, 0.15) is 30.0 Å². The van der Waals surface area contributed by atoms with Gasteiger partial charge in [0, 0.05) is 6.42 Å². The van der Waals surface area contributed by atoms with Crippen LogP contribution < -0.4 is 0 Å². The van der Waals surface area contributed by atoms with Gasteiger partial charge in [0.25, 0.3) is 5.95 Å². The predicted octanol–water partition coefficient (Wildman–Crippen LogP) is 3.12. The third kappa shape index (κ3) is 2.03. The second-order valence-electron chi connectivity index (χ2n) is 4.95. The molecule has 106 valence electrons. The highest BCUT2D eigenvalue weighted by Crippen LogP contribution is 2.39. The topological polar surface area (TPSA) is 48.5 Å². The van der Waals surface area contributed by atoms with E-state index in [2.05, 4.69) is 15.1 Å². The second kappa shape index (κ2) is 4.66. The van der Waals surface area contributed by atoms with Gasteiger partial charge in [0.05, 0.1) is 12.2 Å². The lowest BCUT2D eigenvalue weighted by atomic mass is 10.0. The molecule has 0 saturated carbocycles. The standard InChI is InChI=1S/C14H11ClFN5/c15-12-7-20(8-17-12)14-18-13-10(16)6-11(21(13)19-14)9-4-2-1-3-5-9/h1-5,7-8,10-11H,6H2. The molecule has 3 heterocycles. The van der Waals surface area contributed by atoms with Crippen LogP contribution in [0, 0.1) is 0 Å². The molecular formula is C14H11ClFN5. The third-order valence-electron chi connectivity index (χ3n) is 3.62. The molecule has 1 aliphatic heterocycles. The van der Waals surface area contributed by atoms with Crippen molar-refractivity contribution in [3.8, 4) is 5.95 Å². The summed E-state index contributed by atoms with van der Waals surface area (Å²) in [7, 11) is 0. The molecule has 4 rings (SSSR count). The highest BCUT2D eigenvalue weighted by atomic mass is 35.5. The number of rotatable bonds is 2. The van der Waals surface area contributed by atoms with E-state index in [0.29, 0.717) is 23.3 Å². The van der Waals surface area contributed by atoms with Gasteiger partial charge in [-0.15, -0.1) is 5.10 Å². The highest BCUT2D eigenvalue weighted by molar-refractivity contribution is 6.29. The Morgan fingerprint density at radius 2 is 2.05 bits per heavy atom. The van der Waals surface area contributed by atoms with Crippen LogP contribution in [0.3, 0.4) is 0 Å². The zero-order valence-electron chi connectivity index (χ0n) is 10.9. The highest BCUT2D eigenvalue weighted by Gasteiger charge is 2.35. The first kappa shape index (κ1) is 12.5. The summed E-state index contributed by atoms with van der Waals surface area (Å²) in [6.45, 7) is 0. The van der Waals surface area contributed by atoms with Crippen LogP contribution in [0.4, 0.5) is 4.39 Å². The van der Waals surface area contributed by atoms with E-state index in [1.54, 1.807) is 15.4 Å². The smallest absolute Gasteiger partial charge is 0.254 e. The van der Waals surface area contributed by atoms with Crippen molar-refractivity contribution in [2.45, 2.75) is 18.6 Å². The van der Waals surface area contributed by atoms with E-state index in [4.69, 9.17) is 11.6 Å². The van der Waals surface area contributed by atoms with Gasteiger partial charge in [-0.05, 0) is 5.56 Å². The number of hydrogen-bond acceptors (Lipinski definition) is 3. The van der Waals surface area contributed by atoms with Crippen molar-refractivity contribution in [1.82, 2.24) is 24.3 Å². The number of aromatic nitrogens is 5. The van der Waals surface area contributed by atoms with E-state index in [1.807, 2.05) is 30.3 Å². The largest absolute Gasteiger partial charge is 0.272 e. The van der Waals surface area contributed by atoms with Crippen LogP contribution in [0.15, 0.2) is 42.9 Å². The fourth-order valence-electron chi connectivity index (χ4n) is 2.64. The molecule has 1 aromatic carbocycles. The normalized spacial score (nSPS) is 20.7. The monoisotopic (exact) mass is 303 g/mol. The molecule has 0 bridgehead atoms. The number of imidazole rings is 1. The van der Waals surface area contributed by atoms with Crippen LogP contribution in [-0.2, 0) is 0 Å². The molecule has 2 atom stereocenters. The molecule has 0 spiro atoms. The lowest BCUT2D eigenvalue weighted by molar-refractivity contribution is 0.328. The maximum Gasteiger partial charge on any atom is 0.254 e. The zero-order chi connectivity index (χ0) is 14.4. The summed E-state index contributed by atoms with van der Waals surface area (Å²) in [4.78, 5) is 8.19. The number of benzene rings is 1. The lowest BCUT2D eigenvalue weighted by Crippen LogP contribution is -2.08. The number of nitrogens with zero attached hydrogens (tertiary/aromatic N) is 5. The van der Waals surface area contributed by atoms with Crippen molar-refractivity contribution in [2.75, 3.05) is 0 Å². The van der Waals surface area contributed by atoms with Crippen molar-refractivity contribution >= 4 is 11.6 Å². The van der Waals surface area contributed by atoms with Gasteiger partial charge in [-0.3, -0.25) is 4.57 Å². The molecule has 2 aromatic heterocycles. The minimum Gasteiger partial charge on any atom is -0.272 e. The maximum absolute atomic E-state index is 14.2. The molecule has 0 radical (unpaired) electrons. The van der Waals surface area contributed by atoms with E-state index in [-0.39, 0.29) is 6.04 Å². The Bertz CT molecular complexity index is 782. The first-order chi connectivity index (χ1) is 10.2. The van der Waals surface area contributed by atoms with E-state index in [1.165, 1.54) is 6.33 Å². The van der Waals surface area contributed by atoms with Gasteiger partial charge in [0.15, 0.2) is 12.0 Å². The summed E-state index contributed by atoms with van der Waals surface area (Å²) >= 11 is 5.79. The Hall–Kier alpha value is -2.21. The number of alkyl halides is 1. The minimum absolute atomic E-state index is 0.128.